The Morgan fingerprint density at radius 3 is 2.57 bits per heavy atom. The zero-order valence-corrected chi connectivity index (χ0v) is 13.0. The van der Waals surface area contributed by atoms with Crippen molar-refractivity contribution in [3.63, 3.8) is 0 Å². The summed E-state index contributed by atoms with van der Waals surface area (Å²) in [5, 5.41) is 2.93. The number of pyridine rings is 1. The third-order valence-corrected chi connectivity index (χ3v) is 5.16. The fourth-order valence-electron chi connectivity index (χ4n) is 2.61. The first-order chi connectivity index (χ1) is 10.0. The SMILES string of the molecule is CCCNC1CCC(NS(=O)(=O)c2ncccc2F)CC1. The van der Waals surface area contributed by atoms with E-state index in [0.717, 1.165) is 44.7 Å². The van der Waals surface area contributed by atoms with Crippen LogP contribution >= 0.6 is 0 Å². The highest BCUT2D eigenvalue weighted by molar-refractivity contribution is 7.89. The second-order valence-corrected chi connectivity index (χ2v) is 7.04. The first-order valence-corrected chi connectivity index (χ1v) is 8.87. The highest BCUT2D eigenvalue weighted by atomic mass is 32.2. The van der Waals surface area contributed by atoms with E-state index < -0.39 is 20.9 Å². The molecule has 0 bridgehead atoms. The molecule has 2 N–H and O–H groups in total. The van der Waals surface area contributed by atoms with E-state index in [4.69, 9.17) is 0 Å². The van der Waals surface area contributed by atoms with Gasteiger partial charge in [-0.15, -0.1) is 0 Å². The highest BCUT2D eigenvalue weighted by Gasteiger charge is 2.27. The number of halogens is 1. The Balaban J connectivity index is 1.92. The minimum absolute atomic E-state index is 0.143. The summed E-state index contributed by atoms with van der Waals surface area (Å²) in [6, 6.07) is 2.79. The second kappa shape index (κ2) is 7.29. The lowest BCUT2D eigenvalue weighted by molar-refractivity contribution is 0.329. The van der Waals surface area contributed by atoms with E-state index in [1.54, 1.807) is 0 Å². The summed E-state index contributed by atoms with van der Waals surface area (Å²) in [6.45, 7) is 3.11. The summed E-state index contributed by atoms with van der Waals surface area (Å²) in [4.78, 5) is 3.63. The number of nitrogens with one attached hydrogen (secondary N) is 2. The molecular weight excluding hydrogens is 293 g/mol. The summed E-state index contributed by atoms with van der Waals surface area (Å²) in [7, 11) is -3.88. The van der Waals surface area contributed by atoms with Gasteiger partial charge in [-0.1, -0.05) is 6.92 Å². The van der Waals surface area contributed by atoms with E-state index >= 15 is 0 Å². The van der Waals surface area contributed by atoms with Crippen molar-refractivity contribution in [2.75, 3.05) is 6.54 Å². The van der Waals surface area contributed by atoms with E-state index in [0.29, 0.717) is 6.04 Å². The van der Waals surface area contributed by atoms with Crippen molar-refractivity contribution in [2.24, 2.45) is 0 Å². The Morgan fingerprint density at radius 1 is 1.29 bits per heavy atom. The third-order valence-electron chi connectivity index (χ3n) is 3.71. The van der Waals surface area contributed by atoms with Gasteiger partial charge in [0.25, 0.3) is 10.0 Å². The molecule has 1 fully saturated rings. The molecule has 1 aliphatic rings. The largest absolute Gasteiger partial charge is 0.314 e. The Hall–Kier alpha value is -1.05. The maximum absolute atomic E-state index is 13.5. The van der Waals surface area contributed by atoms with Crippen LogP contribution in [0.5, 0.6) is 0 Å². The summed E-state index contributed by atoms with van der Waals surface area (Å²) in [5.74, 6) is -0.816. The van der Waals surface area contributed by atoms with Crippen molar-refractivity contribution in [3.8, 4) is 0 Å². The molecule has 0 aliphatic heterocycles. The lowest BCUT2D eigenvalue weighted by Gasteiger charge is -2.29. The van der Waals surface area contributed by atoms with Gasteiger partial charge >= 0.3 is 0 Å². The van der Waals surface area contributed by atoms with Gasteiger partial charge in [-0.05, 0) is 50.8 Å². The number of nitrogens with zero attached hydrogens (tertiary/aromatic N) is 1. The van der Waals surface area contributed by atoms with E-state index in [2.05, 4.69) is 21.9 Å². The number of rotatable bonds is 6. The maximum atomic E-state index is 13.5. The van der Waals surface area contributed by atoms with Gasteiger partial charge in [0.15, 0.2) is 5.82 Å². The molecule has 0 saturated heterocycles. The van der Waals surface area contributed by atoms with E-state index in [-0.39, 0.29) is 6.04 Å². The van der Waals surface area contributed by atoms with Gasteiger partial charge in [0.2, 0.25) is 5.03 Å². The monoisotopic (exact) mass is 315 g/mol. The van der Waals surface area contributed by atoms with Crippen LogP contribution in [0.3, 0.4) is 0 Å². The van der Waals surface area contributed by atoms with Crippen molar-refractivity contribution in [1.82, 2.24) is 15.0 Å². The molecule has 0 aromatic carbocycles. The van der Waals surface area contributed by atoms with Crippen LogP contribution in [0.2, 0.25) is 0 Å². The molecule has 21 heavy (non-hydrogen) atoms. The molecule has 2 rings (SSSR count). The zero-order valence-electron chi connectivity index (χ0n) is 12.2. The molecule has 1 heterocycles. The molecule has 7 heteroatoms. The average molecular weight is 315 g/mol. The van der Waals surface area contributed by atoms with Gasteiger partial charge in [-0.25, -0.2) is 22.5 Å². The van der Waals surface area contributed by atoms with Crippen LogP contribution in [0.1, 0.15) is 39.0 Å². The fraction of sp³-hybridized carbons (Fsp3) is 0.643. The topological polar surface area (TPSA) is 71.1 Å². The van der Waals surface area contributed by atoms with Crippen LogP contribution in [0.15, 0.2) is 23.4 Å². The Bertz CT molecular complexity index is 557. The van der Waals surface area contributed by atoms with E-state index in [1.807, 2.05) is 0 Å². The van der Waals surface area contributed by atoms with E-state index in [1.165, 1.54) is 12.3 Å². The molecule has 0 radical (unpaired) electrons. The van der Waals surface area contributed by atoms with Gasteiger partial charge in [-0.2, -0.15) is 0 Å². The summed E-state index contributed by atoms with van der Waals surface area (Å²) in [5.41, 5.74) is 0. The predicted molar refractivity (Wildman–Crippen MR) is 78.9 cm³/mol. The summed E-state index contributed by atoms with van der Waals surface area (Å²) in [6.07, 6.45) is 5.74. The molecule has 118 valence electrons. The number of sulfonamides is 1. The van der Waals surface area contributed by atoms with Crippen LogP contribution in [0, 0.1) is 5.82 Å². The predicted octanol–water partition coefficient (Wildman–Crippen LogP) is 1.81. The summed E-state index contributed by atoms with van der Waals surface area (Å²) < 4.78 is 40.4. The normalized spacial score (nSPS) is 23.1. The molecule has 1 aromatic rings. The molecule has 0 amide bonds. The van der Waals surface area contributed by atoms with Crippen LogP contribution in [0.25, 0.3) is 0 Å². The van der Waals surface area contributed by atoms with Gasteiger partial charge in [0, 0.05) is 18.3 Å². The summed E-state index contributed by atoms with van der Waals surface area (Å²) >= 11 is 0. The first-order valence-electron chi connectivity index (χ1n) is 7.39. The molecule has 1 aliphatic carbocycles. The molecule has 0 unspecified atom stereocenters. The Labute approximate surface area is 125 Å². The lowest BCUT2D eigenvalue weighted by Crippen LogP contribution is -2.42. The average Bonchev–Trinajstić information content (AvgIpc) is 2.46. The van der Waals surface area contributed by atoms with E-state index in [9.17, 15) is 12.8 Å². The van der Waals surface area contributed by atoms with Crippen LogP contribution in [-0.4, -0.2) is 32.0 Å². The van der Waals surface area contributed by atoms with Gasteiger partial charge in [-0.3, -0.25) is 0 Å². The molecule has 0 spiro atoms. The van der Waals surface area contributed by atoms with Crippen molar-refractivity contribution >= 4 is 10.0 Å². The third kappa shape index (κ3) is 4.46. The first kappa shape index (κ1) is 16.3. The number of hydrogen-bond donors (Lipinski definition) is 2. The molecule has 1 aromatic heterocycles. The van der Waals surface area contributed by atoms with Crippen molar-refractivity contribution in [2.45, 2.75) is 56.1 Å². The molecule has 5 nitrogen and oxygen atoms in total. The van der Waals surface area contributed by atoms with Gasteiger partial charge < -0.3 is 5.32 Å². The lowest BCUT2D eigenvalue weighted by atomic mass is 9.92. The van der Waals surface area contributed by atoms with Gasteiger partial charge in [0.1, 0.15) is 0 Å². The molecule has 1 saturated carbocycles. The highest BCUT2D eigenvalue weighted by Crippen LogP contribution is 2.21. The number of aromatic nitrogens is 1. The number of hydrogen-bond acceptors (Lipinski definition) is 4. The minimum Gasteiger partial charge on any atom is -0.314 e. The minimum atomic E-state index is -3.88. The zero-order chi connectivity index (χ0) is 15.3. The van der Waals surface area contributed by atoms with Crippen LogP contribution in [0.4, 0.5) is 4.39 Å². The van der Waals surface area contributed by atoms with Crippen molar-refractivity contribution in [3.05, 3.63) is 24.1 Å². The quantitative estimate of drug-likeness (QED) is 0.840. The molecular formula is C14H22FN3O2S. The van der Waals surface area contributed by atoms with Gasteiger partial charge in [0.05, 0.1) is 0 Å². The van der Waals surface area contributed by atoms with Crippen molar-refractivity contribution in [1.29, 1.82) is 0 Å². The molecule has 0 atom stereocenters. The Morgan fingerprint density at radius 2 is 1.95 bits per heavy atom. The second-order valence-electron chi connectivity index (χ2n) is 5.41. The van der Waals surface area contributed by atoms with Crippen molar-refractivity contribution < 1.29 is 12.8 Å². The van der Waals surface area contributed by atoms with Crippen LogP contribution in [-0.2, 0) is 10.0 Å². The maximum Gasteiger partial charge on any atom is 0.261 e. The Kier molecular flexibility index (Phi) is 5.66. The van der Waals surface area contributed by atoms with Crippen LogP contribution < -0.4 is 10.0 Å². The smallest absolute Gasteiger partial charge is 0.261 e. The standard InChI is InChI=1S/C14H22FN3O2S/c1-2-9-16-11-5-7-12(8-6-11)18-21(19,20)14-13(15)4-3-10-17-14/h3-4,10-12,16,18H,2,5-9H2,1H3. The fourth-order valence-corrected chi connectivity index (χ4v) is 3.92.